The highest BCUT2D eigenvalue weighted by molar-refractivity contribution is 6.31. The summed E-state index contributed by atoms with van der Waals surface area (Å²) in [5.41, 5.74) is 2.81. The number of nitrogens with zero attached hydrogens (tertiary/aromatic N) is 2. The molecule has 0 atom stereocenters. The van der Waals surface area contributed by atoms with Crippen LogP contribution in [0.5, 0.6) is 11.5 Å². The molecule has 1 aliphatic heterocycles. The van der Waals surface area contributed by atoms with Crippen LogP contribution in [0.25, 0.3) is 0 Å². The number of carbonyl (C=O) groups is 1. The van der Waals surface area contributed by atoms with Gasteiger partial charge in [-0.3, -0.25) is 4.79 Å². The second-order valence-corrected chi connectivity index (χ2v) is 7.76. The molecule has 1 fully saturated rings. The van der Waals surface area contributed by atoms with Crippen molar-refractivity contribution in [1.82, 2.24) is 4.90 Å². The van der Waals surface area contributed by atoms with E-state index in [-0.39, 0.29) is 5.91 Å². The molecule has 3 rings (SSSR count). The molecule has 0 aliphatic carbocycles. The first-order chi connectivity index (χ1) is 14.5. The van der Waals surface area contributed by atoms with E-state index < -0.39 is 0 Å². The van der Waals surface area contributed by atoms with E-state index in [4.69, 9.17) is 21.1 Å². The number of benzene rings is 2. The summed E-state index contributed by atoms with van der Waals surface area (Å²) >= 11 is 6.22. The number of piperazine rings is 1. The first-order valence-corrected chi connectivity index (χ1v) is 10.7. The number of hydrogen-bond acceptors (Lipinski definition) is 5. The Hall–Kier alpha value is -2.44. The Morgan fingerprint density at radius 2 is 1.77 bits per heavy atom. The zero-order valence-electron chi connectivity index (χ0n) is 17.9. The van der Waals surface area contributed by atoms with Crippen LogP contribution in [0.2, 0.25) is 5.02 Å². The van der Waals surface area contributed by atoms with Crippen LogP contribution in [-0.4, -0.2) is 57.8 Å². The lowest BCUT2D eigenvalue weighted by Crippen LogP contribution is -2.46. The van der Waals surface area contributed by atoms with Crippen LogP contribution in [0.4, 0.5) is 11.4 Å². The van der Waals surface area contributed by atoms with Gasteiger partial charge in [-0.25, -0.2) is 0 Å². The summed E-state index contributed by atoms with van der Waals surface area (Å²) in [6.07, 6.45) is 0.975. The maximum atomic E-state index is 12.7. The van der Waals surface area contributed by atoms with E-state index in [1.807, 2.05) is 36.4 Å². The van der Waals surface area contributed by atoms with Gasteiger partial charge in [0.25, 0.3) is 0 Å². The van der Waals surface area contributed by atoms with E-state index in [1.54, 1.807) is 14.2 Å². The number of likely N-dealkylation sites (N-methyl/N-ethyl adjacent to an activating group) is 1. The maximum absolute atomic E-state index is 12.7. The maximum Gasteiger partial charge on any atom is 0.224 e. The second kappa shape index (κ2) is 10.5. The van der Waals surface area contributed by atoms with Gasteiger partial charge in [0.15, 0.2) is 11.5 Å². The number of hydrogen-bond donors (Lipinski definition) is 1. The minimum atomic E-state index is -0.0412. The van der Waals surface area contributed by atoms with Gasteiger partial charge in [0.2, 0.25) is 5.91 Å². The molecule has 30 heavy (non-hydrogen) atoms. The summed E-state index contributed by atoms with van der Waals surface area (Å²) in [7, 11) is 3.21. The summed E-state index contributed by atoms with van der Waals surface area (Å²) in [5, 5.41) is 3.67. The number of methoxy groups -OCH3 is 2. The molecule has 7 heteroatoms. The predicted octanol–water partition coefficient (Wildman–Crippen LogP) is 4.07. The minimum absolute atomic E-state index is 0.0412. The van der Waals surface area contributed by atoms with Crippen LogP contribution in [0.3, 0.4) is 0 Å². The molecule has 0 bridgehead atoms. The summed E-state index contributed by atoms with van der Waals surface area (Å²) in [6.45, 7) is 7.15. The molecule has 0 aromatic heterocycles. The molecule has 162 valence electrons. The first kappa shape index (κ1) is 22.2. The van der Waals surface area contributed by atoms with Crippen LogP contribution in [0, 0.1) is 0 Å². The minimum Gasteiger partial charge on any atom is -0.493 e. The van der Waals surface area contributed by atoms with E-state index in [2.05, 4.69) is 22.0 Å². The number of nitrogens with one attached hydrogen (secondary N) is 1. The van der Waals surface area contributed by atoms with Crippen LogP contribution in [0.15, 0.2) is 36.4 Å². The monoisotopic (exact) mass is 431 g/mol. The van der Waals surface area contributed by atoms with Gasteiger partial charge in [-0.1, -0.05) is 24.6 Å². The largest absolute Gasteiger partial charge is 0.493 e. The van der Waals surface area contributed by atoms with E-state index in [1.165, 1.54) is 0 Å². The highest BCUT2D eigenvalue weighted by atomic mass is 35.5. The van der Waals surface area contributed by atoms with Gasteiger partial charge in [0.05, 0.1) is 25.6 Å². The molecule has 1 heterocycles. The molecule has 2 aromatic carbocycles. The molecule has 0 unspecified atom stereocenters. The molecule has 6 nitrogen and oxygen atoms in total. The average molecular weight is 432 g/mol. The van der Waals surface area contributed by atoms with Gasteiger partial charge in [-0.05, 0) is 48.9 Å². The quantitative estimate of drug-likeness (QED) is 0.682. The molecule has 2 aromatic rings. The summed E-state index contributed by atoms with van der Waals surface area (Å²) < 4.78 is 10.6. The Labute approximate surface area is 183 Å². The van der Waals surface area contributed by atoms with Crippen LogP contribution >= 0.6 is 11.6 Å². The third kappa shape index (κ3) is 5.58. The molecule has 1 saturated heterocycles. The fourth-order valence-electron chi connectivity index (χ4n) is 3.70. The van der Waals surface area contributed by atoms with Crippen molar-refractivity contribution in [1.29, 1.82) is 0 Å². The van der Waals surface area contributed by atoms with Crippen LogP contribution in [0.1, 0.15) is 18.9 Å². The lowest BCUT2D eigenvalue weighted by Gasteiger charge is -2.36. The number of anilines is 2. The van der Waals surface area contributed by atoms with Gasteiger partial charge in [-0.15, -0.1) is 0 Å². The zero-order valence-corrected chi connectivity index (χ0v) is 18.7. The lowest BCUT2D eigenvalue weighted by atomic mass is 10.1. The summed E-state index contributed by atoms with van der Waals surface area (Å²) in [6, 6.07) is 11.4. The van der Waals surface area contributed by atoms with Crippen molar-refractivity contribution < 1.29 is 14.3 Å². The molecule has 0 radical (unpaired) electrons. The van der Waals surface area contributed by atoms with Gasteiger partial charge in [0, 0.05) is 37.6 Å². The molecule has 0 saturated carbocycles. The molecule has 1 N–H and O–H groups in total. The Balaban J connectivity index is 1.64. The third-order valence-electron chi connectivity index (χ3n) is 5.48. The van der Waals surface area contributed by atoms with Crippen LogP contribution < -0.4 is 19.7 Å². The number of rotatable bonds is 8. The Bertz CT molecular complexity index is 867. The first-order valence-electron chi connectivity index (χ1n) is 10.3. The van der Waals surface area contributed by atoms with Crippen molar-refractivity contribution in [2.45, 2.75) is 19.8 Å². The highest BCUT2D eigenvalue weighted by Gasteiger charge is 2.19. The van der Waals surface area contributed by atoms with E-state index >= 15 is 0 Å². The molecule has 1 amide bonds. The summed E-state index contributed by atoms with van der Waals surface area (Å²) in [5.74, 6) is 1.30. The van der Waals surface area contributed by atoms with Gasteiger partial charge in [-0.2, -0.15) is 0 Å². The number of carbonyl (C=O) groups excluding carboxylic acids is 1. The SMILES string of the molecule is CCN1CCN(c2ccc(Cl)cc2NC(=O)CCc2ccc(OC)c(OC)c2)CC1. The molecular weight excluding hydrogens is 402 g/mol. The van der Waals surface area contributed by atoms with Crippen molar-refractivity contribution in [2.24, 2.45) is 0 Å². The van der Waals surface area contributed by atoms with E-state index in [0.717, 1.165) is 49.7 Å². The number of aryl methyl sites for hydroxylation is 1. The molecule has 1 aliphatic rings. The zero-order chi connectivity index (χ0) is 21.5. The second-order valence-electron chi connectivity index (χ2n) is 7.32. The number of amides is 1. The fourth-order valence-corrected chi connectivity index (χ4v) is 3.87. The third-order valence-corrected chi connectivity index (χ3v) is 5.72. The van der Waals surface area contributed by atoms with Crippen molar-refractivity contribution >= 4 is 28.9 Å². The van der Waals surface area contributed by atoms with Crippen molar-refractivity contribution in [3.8, 4) is 11.5 Å². The van der Waals surface area contributed by atoms with Crippen LogP contribution in [-0.2, 0) is 11.2 Å². The van der Waals surface area contributed by atoms with Gasteiger partial charge >= 0.3 is 0 Å². The normalized spacial score (nSPS) is 14.5. The topological polar surface area (TPSA) is 54.0 Å². The van der Waals surface area contributed by atoms with Gasteiger partial charge < -0.3 is 24.6 Å². The Morgan fingerprint density at radius 3 is 2.43 bits per heavy atom. The predicted molar refractivity (Wildman–Crippen MR) is 122 cm³/mol. The van der Waals surface area contributed by atoms with Crippen molar-refractivity contribution in [3.63, 3.8) is 0 Å². The Kier molecular flexibility index (Phi) is 7.82. The van der Waals surface area contributed by atoms with Crippen molar-refractivity contribution in [2.75, 3.05) is 57.2 Å². The Morgan fingerprint density at radius 1 is 1.03 bits per heavy atom. The molecular formula is C23H30ClN3O3. The fraction of sp³-hybridized carbons (Fsp3) is 0.435. The van der Waals surface area contributed by atoms with Gasteiger partial charge in [0.1, 0.15) is 0 Å². The van der Waals surface area contributed by atoms with E-state index in [9.17, 15) is 4.79 Å². The standard InChI is InChI=1S/C23H30ClN3O3/c1-4-26-11-13-27(14-12-26)20-8-7-18(24)16-19(20)25-23(28)10-6-17-5-9-21(29-2)22(15-17)30-3/h5,7-9,15-16H,4,6,10-14H2,1-3H3,(H,25,28). The number of halogens is 1. The average Bonchev–Trinajstić information content (AvgIpc) is 2.77. The highest BCUT2D eigenvalue weighted by Crippen LogP contribution is 2.31. The number of ether oxygens (including phenoxy) is 2. The smallest absolute Gasteiger partial charge is 0.224 e. The lowest BCUT2D eigenvalue weighted by molar-refractivity contribution is -0.116. The van der Waals surface area contributed by atoms with Crippen molar-refractivity contribution in [3.05, 3.63) is 47.0 Å². The van der Waals surface area contributed by atoms with E-state index in [0.29, 0.717) is 29.4 Å². The summed E-state index contributed by atoms with van der Waals surface area (Å²) in [4.78, 5) is 17.4. The molecule has 0 spiro atoms.